The van der Waals surface area contributed by atoms with Crippen molar-refractivity contribution in [3.05, 3.63) is 34.7 Å². The van der Waals surface area contributed by atoms with Crippen LogP contribution in [0.1, 0.15) is 35.5 Å². The highest BCUT2D eigenvalue weighted by molar-refractivity contribution is 7.19. The van der Waals surface area contributed by atoms with Gasteiger partial charge in [-0.25, -0.2) is 0 Å². The Morgan fingerprint density at radius 2 is 1.69 bits per heavy atom. The fraction of sp³-hybridized carbons (Fsp3) is 0.500. The van der Waals surface area contributed by atoms with Crippen molar-refractivity contribution in [1.29, 1.82) is 0 Å². The van der Waals surface area contributed by atoms with Gasteiger partial charge >= 0.3 is 11.8 Å². The fourth-order valence-electron chi connectivity index (χ4n) is 5.04. The Kier molecular flexibility index (Phi) is 6.65. The first-order valence-corrected chi connectivity index (χ1v) is 12.9. The van der Waals surface area contributed by atoms with Crippen molar-refractivity contribution in [2.75, 3.05) is 62.8 Å². The van der Waals surface area contributed by atoms with E-state index in [1.807, 2.05) is 18.2 Å². The lowest BCUT2D eigenvalue weighted by molar-refractivity contribution is -0.145. The highest BCUT2D eigenvalue weighted by Gasteiger charge is 2.37. The molecule has 5 rings (SSSR count). The summed E-state index contributed by atoms with van der Waals surface area (Å²) in [4.78, 5) is 43.0. The van der Waals surface area contributed by atoms with Gasteiger partial charge in [0.2, 0.25) is 0 Å². The molecule has 186 valence electrons. The molecule has 1 aromatic heterocycles. The van der Waals surface area contributed by atoms with E-state index in [9.17, 15) is 14.4 Å². The Bertz CT molecular complexity index is 1150. The lowest BCUT2D eigenvalue weighted by Crippen LogP contribution is -2.45. The molecule has 0 saturated carbocycles. The first-order chi connectivity index (χ1) is 16.8. The Morgan fingerprint density at radius 3 is 2.40 bits per heavy atom. The molecule has 35 heavy (non-hydrogen) atoms. The normalized spacial score (nSPS) is 19.9. The summed E-state index contributed by atoms with van der Waals surface area (Å²) in [5, 5.41) is 3.86. The van der Waals surface area contributed by atoms with E-state index in [4.69, 9.17) is 9.47 Å². The maximum Gasteiger partial charge on any atom is 0.313 e. The topological polar surface area (TPSA) is 88.2 Å². The smallest absolute Gasteiger partial charge is 0.313 e. The number of nitrogens with zero attached hydrogens (tertiary/aromatic N) is 2. The summed E-state index contributed by atoms with van der Waals surface area (Å²) in [6.45, 7) is 8.84. The number of hydrogen-bond donors (Lipinski definition) is 1. The van der Waals surface area contributed by atoms with Gasteiger partial charge in [0.25, 0.3) is 0 Å². The van der Waals surface area contributed by atoms with Crippen LogP contribution in [0, 0.1) is 5.41 Å². The maximum absolute atomic E-state index is 13.1. The van der Waals surface area contributed by atoms with E-state index < -0.39 is 11.8 Å². The highest BCUT2D eigenvalue weighted by atomic mass is 32.1. The molecule has 0 radical (unpaired) electrons. The molecule has 1 N–H and O–H groups in total. The van der Waals surface area contributed by atoms with Gasteiger partial charge in [0.1, 0.15) is 0 Å². The van der Waals surface area contributed by atoms with E-state index in [-0.39, 0.29) is 11.2 Å². The number of rotatable bonds is 3. The van der Waals surface area contributed by atoms with Crippen molar-refractivity contribution in [3.63, 3.8) is 0 Å². The standard InChI is InChI=1S/C26H31N3O5S/c1-26(2)15-19-21(25(29-8-12-34-13-9-29)35-22(19)20(30)16-26)17-4-3-5-18(14-17)27-23(31)24(32)28-6-10-33-11-7-28/h3-5,14H,6-13,15-16H2,1-2H3,(H,27,31). The molecule has 2 saturated heterocycles. The zero-order valence-corrected chi connectivity index (χ0v) is 21.0. The van der Waals surface area contributed by atoms with Crippen LogP contribution in [-0.4, -0.2) is 75.1 Å². The summed E-state index contributed by atoms with van der Waals surface area (Å²) in [5.41, 5.74) is 3.53. The van der Waals surface area contributed by atoms with Crippen LogP contribution in [0.2, 0.25) is 0 Å². The summed E-state index contributed by atoms with van der Waals surface area (Å²) >= 11 is 1.58. The molecular weight excluding hydrogens is 466 g/mol. The number of ether oxygens (including phenoxy) is 2. The average Bonchev–Trinajstić information content (AvgIpc) is 3.23. The number of morpholine rings is 2. The molecule has 0 spiro atoms. The van der Waals surface area contributed by atoms with Crippen molar-refractivity contribution < 1.29 is 23.9 Å². The molecule has 0 atom stereocenters. The summed E-state index contributed by atoms with van der Waals surface area (Å²) in [6, 6.07) is 7.59. The van der Waals surface area contributed by atoms with Gasteiger partial charge in [0.05, 0.1) is 36.3 Å². The van der Waals surface area contributed by atoms with Crippen molar-refractivity contribution in [2.45, 2.75) is 26.7 Å². The molecule has 9 heteroatoms. The molecule has 8 nitrogen and oxygen atoms in total. The molecule has 1 aromatic carbocycles. The minimum absolute atomic E-state index is 0.113. The molecule has 0 bridgehead atoms. The van der Waals surface area contributed by atoms with Crippen LogP contribution in [0.25, 0.3) is 11.1 Å². The third kappa shape index (κ3) is 4.98. The first-order valence-electron chi connectivity index (χ1n) is 12.1. The molecule has 2 aromatic rings. The lowest BCUT2D eigenvalue weighted by Gasteiger charge is -2.30. The number of fused-ring (bicyclic) bond motifs is 1. The first kappa shape index (κ1) is 24.0. The number of hydrogen-bond acceptors (Lipinski definition) is 7. The monoisotopic (exact) mass is 497 g/mol. The SMILES string of the molecule is CC1(C)CC(=O)c2sc(N3CCOCC3)c(-c3cccc(NC(=O)C(=O)N4CCOCC4)c3)c2C1. The van der Waals surface area contributed by atoms with E-state index >= 15 is 0 Å². The third-order valence-electron chi connectivity index (χ3n) is 6.74. The number of benzene rings is 1. The molecule has 2 aliphatic heterocycles. The molecule has 2 amide bonds. The quantitative estimate of drug-likeness (QED) is 0.656. The second-order valence-electron chi connectivity index (χ2n) is 10.1. The number of Topliss-reactive ketones (excluding diaryl/α,β-unsaturated/α-hetero) is 1. The van der Waals surface area contributed by atoms with Gasteiger partial charge in [0.15, 0.2) is 5.78 Å². The van der Waals surface area contributed by atoms with Gasteiger partial charge in [-0.3, -0.25) is 14.4 Å². The van der Waals surface area contributed by atoms with E-state index in [0.29, 0.717) is 51.6 Å². The van der Waals surface area contributed by atoms with Crippen LogP contribution >= 0.6 is 11.3 Å². The molecule has 3 heterocycles. The second kappa shape index (κ2) is 9.72. The highest BCUT2D eigenvalue weighted by Crippen LogP contribution is 2.49. The molecule has 2 fully saturated rings. The van der Waals surface area contributed by atoms with Gasteiger partial charge in [-0.15, -0.1) is 11.3 Å². The number of ketones is 1. The Labute approximate surface area is 209 Å². The minimum atomic E-state index is -0.652. The Hall–Kier alpha value is -2.75. The van der Waals surface area contributed by atoms with Crippen molar-refractivity contribution >= 4 is 39.6 Å². The number of nitrogens with one attached hydrogen (secondary N) is 1. The van der Waals surface area contributed by atoms with E-state index in [1.54, 1.807) is 17.4 Å². The predicted molar refractivity (Wildman–Crippen MR) is 135 cm³/mol. The van der Waals surface area contributed by atoms with Crippen LogP contribution in [-0.2, 0) is 25.5 Å². The number of thiophene rings is 1. The second-order valence-corrected chi connectivity index (χ2v) is 11.1. The Balaban J connectivity index is 1.48. The summed E-state index contributed by atoms with van der Waals surface area (Å²) in [5.74, 6) is -1.00. The van der Waals surface area contributed by atoms with Crippen molar-refractivity contribution in [1.82, 2.24) is 4.90 Å². The average molecular weight is 498 g/mol. The van der Waals surface area contributed by atoms with Crippen molar-refractivity contribution in [3.8, 4) is 11.1 Å². The summed E-state index contributed by atoms with van der Waals surface area (Å²) in [6.07, 6.45) is 1.36. The largest absolute Gasteiger partial charge is 0.378 e. The van der Waals surface area contributed by atoms with Gasteiger partial charge in [-0.05, 0) is 35.1 Å². The summed E-state index contributed by atoms with van der Waals surface area (Å²) < 4.78 is 10.8. The minimum Gasteiger partial charge on any atom is -0.378 e. The van der Waals surface area contributed by atoms with E-state index in [2.05, 4.69) is 24.1 Å². The number of anilines is 2. The maximum atomic E-state index is 13.1. The van der Waals surface area contributed by atoms with Gasteiger partial charge in [-0.1, -0.05) is 26.0 Å². The van der Waals surface area contributed by atoms with Crippen LogP contribution in [0.15, 0.2) is 24.3 Å². The zero-order chi connectivity index (χ0) is 24.6. The van der Waals surface area contributed by atoms with E-state index in [1.165, 1.54) is 4.90 Å². The fourth-order valence-corrected chi connectivity index (χ4v) is 6.37. The van der Waals surface area contributed by atoms with Crippen molar-refractivity contribution in [2.24, 2.45) is 5.41 Å². The number of amides is 2. The van der Waals surface area contributed by atoms with Crippen LogP contribution in [0.3, 0.4) is 0 Å². The zero-order valence-electron chi connectivity index (χ0n) is 20.2. The third-order valence-corrected chi connectivity index (χ3v) is 8.07. The summed E-state index contributed by atoms with van der Waals surface area (Å²) in [7, 11) is 0. The molecular formula is C26H31N3O5S. The number of carbonyl (C=O) groups is 3. The van der Waals surface area contributed by atoms with Crippen LogP contribution < -0.4 is 10.2 Å². The van der Waals surface area contributed by atoms with Crippen LogP contribution in [0.4, 0.5) is 10.7 Å². The molecule has 1 aliphatic carbocycles. The van der Waals surface area contributed by atoms with Gasteiger partial charge in [0, 0.05) is 43.9 Å². The predicted octanol–water partition coefficient (Wildman–Crippen LogP) is 3.20. The van der Waals surface area contributed by atoms with Crippen LogP contribution in [0.5, 0.6) is 0 Å². The molecule has 3 aliphatic rings. The lowest BCUT2D eigenvalue weighted by atomic mass is 9.75. The number of carbonyl (C=O) groups excluding carboxylic acids is 3. The molecule has 0 unspecified atom stereocenters. The van der Waals surface area contributed by atoms with Gasteiger partial charge < -0.3 is 24.6 Å². The van der Waals surface area contributed by atoms with E-state index in [0.717, 1.165) is 46.1 Å². The Morgan fingerprint density at radius 1 is 1.00 bits per heavy atom. The van der Waals surface area contributed by atoms with Gasteiger partial charge in [-0.2, -0.15) is 0 Å².